The Bertz CT molecular complexity index is 779. The van der Waals surface area contributed by atoms with E-state index in [9.17, 15) is 39.0 Å². The van der Waals surface area contributed by atoms with Gasteiger partial charge in [0.2, 0.25) is 17.7 Å². The summed E-state index contributed by atoms with van der Waals surface area (Å²) in [5, 5.41) is 28.1. The Morgan fingerprint density at radius 2 is 1.60 bits per heavy atom. The Hall–Kier alpha value is -3.54. The molecule has 17 nitrogen and oxygen atoms in total. The number of hydrazine groups is 1. The smallest absolute Gasteiger partial charge is 0.316 e. The summed E-state index contributed by atoms with van der Waals surface area (Å²) in [6, 6.07) is -5.57. The fraction of sp³-hybridized carbons (Fsp3) is 0.667. The lowest BCUT2D eigenvalue weighted by molar-refractivity contribution is -0.135. The second-order valence-corrected chi connectivity index (χ2v) is 7.30. The predicted octanol–water partition coefficient (Wildman–Crippen LogP) is -5.93. The van der Waals surface area contributed by atoms with Crippen molar-refractivity contribution in [1.82, 2.24) is 32.1 Å². The molecule has 0 bridgehead atoms. The highest BCUT2D eigenvalue weighted by molar-refractivity contribution is 5.94. The number of carbonyl (C=O) groups excluding carboxylic acids is 6. The van der Waals surface area contributed by atoms with Gasteiger partial charge in [-0.1, -0.05) is 0 Å². The quantitative estimate of drug-likeness (QED) is 0.175. The van der Waals surface area contributed by atoms with E-state index in [1.54, 1.807) is 0 Å². The van der Waals surface area contributed by atoms with Crippen molar-refractivity contribution < 1.29 is 48.5 Å². The minimum atomic E-state index is -1.59. The average molecular weight is 505 g/mol. The van der Waals surface area contributed by atoms with E-state index in [-0.39, 0.29) is 26.4 Å². The Kier molecular flexibility index (Phi) is 13.0. The Morgan fingerprint density at radius 3 is 2.20 bits per heavy atom. The van der Waals surface area contributed by atoms with Crippen LogP contribution >= 0.6 is 0 Å². The van der Waals surface area contributed by atoms with Gasteiger partial charge in [0.15, 0.2) is 0 Å². The van der Waals surface area contributed by atoms with Gasteiger partial charge in [-0.2, -0.15) is 0 Å². The molecule has 10 N–H and O–H groups in total. The molecule has 1 aliphatic rings. The second-order valence-electron chi connectivity index (χ2n) is 7.30. The van der Waals surface area contributed by atoms with Crippen LogP contribution in [0.4, 0.5) is 4.79 Å². The van der Waals surface area contributed by atoms with Crippen LogP contribution in [0.15, 0.2) is 0 Å². The van der Waals surface area contributed by atoms with Gasteiger partial charge in [0.05, 0.1) is 39.0 Å². The highest BCUT2D eigenvalue weighted by Crippen LogP contribution is 1.97. The summed E-state index contributed by atoms with van der Waals surface area (Å²) in [7, 11) is 0. The van der Waals surface area contributed by atoms with Crippen molar-refractivity contribution in [3.05, 3.63) is 0 Å². The van der Waals surface area contributed by atoms with Crippen LogP contribution in [-0.4, -0.2) is 110 Å². The lowest BCUT2D eigenvalue weighted by Gasteiger charge is -2.23. The Labute approximate surface area is 199 Å². The number of hydrogen-bond donors (Lipinski definition) is 9. The molecule has 4 atom stereocenters. The Morgan fingerprint density at radius 1 is 0.971 bits per heavy atom. The standard InChI is InChI=1S/C18H31N7O10/c1-9(27)14-17(32)20-2-3-34-4-5-35-8-13(29)21-11(7-26)16(31)25-24-15(30)10(6-12(19)28)22-18(33)23-14/h9-11,14,26-27H,2-8H2,1H3,(H2,19,28)(H,20,32)(H,21,29)(H,24,30)(H,25,31)(H2,22,23,33)/t9?,10-,11-,14?/m0/s1. The van der Waals surface area contributed by atoms with Crippen LogP contribution in [0.2, 0.25) is 0 Å². The number of primary amides is 1. The summed E-state index contributed by atoms with van der Waals surface area (Å²) in [4.78, 5) is 72.5. The van der Waals surface area contributed by atoms with E-state index in [0.29, 0.717) is 0 Å². The molecule has 1 rings (SSSR count). The zero-order valence-electron chi connectivity index (χ0n) is 19.0. The molecular formula is C18H31N7O10. The van der Waals surface area contributed by atoms with E-state index < -0.39 is 79.4 Å². The number of nitrogens with two attached hydrogens (primary N) is 1. The number of hydrogen-bond acceptors (Lipinski definition) is 10. The number of amides is 7. The van der Waals surface area contributed by atoms with E-state index in [0.717, 1.165) is 0 Å². The normalized spacial score (nSPS) is 25.3. The van der Waals surface area contributed by atoms with Crippen LogP contribution in [0.5, 0.6) is 0 Å². The van der Waals surface area contributed by atoms with Crippen LogP contribution in [0.1, 0.15) is 13.3 Å². The molecule has 0 aliphatic carbocycles. The zero-order valence-corrected chi connectivity index (χ0v) is 19.0. The molecule has 0 spiro atoms. The third-order valence-corrected chi connectivity index (χ3v) is 4.37. The molecule has 0 aromatic rings. The van der Waals surface area contributed by atoms with E-state index in [1.807, 2.05) is 10.9 Å². The summed E-state index contributed by atoms with van der Waals surface area (Å²) in [5.41, 5.74) is 8.97. The number of carbonyl (C=O) groups is 6. The number of aliphatic hydroxyl groups is 2. The maximum absolute atomic E-state index is 12.4. The summed E-state index contributed by atoms with van der Waals surface area (Å²) in [5.74, 6) is -4.57. The number of urea groups is 1. The van der Waals surface area contributed by atoms with Crippen molar-refractivity contribution in [3.63, 3.8) is 0 Å². The highest BCUT2D eigenvalue weighted by atomic mass is 16.5. The van der Waals surface area contributed by atoms with Gasteiger partial charge in [-0.05, 0) is 6.92 Å². The molecule has 1 fully saturated rings. The molecule has 2 unspecified atom stereocenters. The first-order valence-corrected chi connectivity index (χ1v) is 10.5. The third kappa shape index (κ3) is 11.4. The van der Waals surface area contributed by atoms with Crippen LogP contribution < -0.4 is 37.9 Å². The van der Waals surface area contributed by atoms with Crippen LogP contribution in [0.25, 0.3) is 0 Å². The largest absolute Gasteiger partial charge is 0.394 e. The monoisotopic (exact) mass is 505 g/mol. The molecule has 1 saturated heterocycles. The maximum Gasteiger partial charge on any atom is 0.316 e. The number of aliphatic hydroxyl groups excluding tert-OH is 2. The van der Waals surface area contributed by atoms with Crippen molar-refractivity contribution in [3.8, 4) is 0 Å². The first kappa shape index (κ1) is 29.5. The van der Waals surface area contributed by atoms with Gasteiger partial charge < -0.3 is 46.7 Å². The van der Waals surface area contributed by atoms with Crippen molar-refractivity contribution in [1.29, 1.82) is 0 Å². The van der Waals surface area contributed by atoms with Gasteiger partial charge in [-0.3, -0.25) is 34.8 Å². The molecule has 35 heavy (non-hydrogen) atoms. The average Bonchev–Trinajstić information content (AvgIpc) is 2.79. The van der Waals surface area contributed by atoms with Crippen LogP contribution in [0, 0.1) is 0 Å². The van der Waals surface area contributed by atoms with Crippen molar-refractivity contribution in [2.45, 2.75) is 37.6 Å². The van der Waals surface area contributed by atoms with Gasteiger partial charge in [0.25, 0.3) is 11.8 Å². The Balaban J connectivity index is 2.99. The first-order chi connectivity index (χ1) is 16.5. The highest BCUT2D eigenvalue weighted by Gasteiger charge is 2.29. The molecular weight excluding hydrogens is 474 g/mol. The van der Waals surface area contributed by atoms with Crippen molar-refractivity contribution >= 4 is 35.6 Å². The molecule has 0 radical (unpaired) electrons. The first-order valence-electron chi connectivity index (χ1n) is 10.5. The number of ether oxygens (including phenoxy) is 2. The summed E-state index contributed by atoms with van der Waals surface area (Å²) in [6.45, 7) is 0.121. The number of nitrogens with one attached hydrogen (secondary N) is 6. The zero-order chi connectivity index (χ0) is 26.4. The fourth-order valence-electron chi connectivity index (χ4n) is 2.63. The van der Waals surface area contributed by atoms with E-state index in [2.05, 4.69) is 21.3 Å². The SMILES string of the molecule is CC(O)C1NC(=O)N[C@@H](CC(N)=O)C(=O)NNC(=O)[C@H](CO)NC(=O)COCCOCCNC1=O. The van der Waals surface area contributed by atoms with Crippen molar-refractivity contribution in [2.24, 2.45) is 5.73 Å². The lowest BCUT2D eigenvalue weighted by Crippen LogP contribution is -2.60. The third-order valence-electron chi connectivity index (χ3n) is 4.37. The van der Waals surface area contributed by atoms with E-state index >= 15 is 0 Å². The van der Waals surface area contributed by atoms with E-state index in [4.69, 9.17) is 15.2 Å². The minimum Gasteiger partial charge on any atom is -0.394 e. The minimum absolute atomic E-state index is 0.00664. The van der Waals surface area contributed by atoms with Gasteiger partial charge in [0, 0.05) is 6.54 Å². The van der Waals surface area contributed by atoms with Gasteiger partial charge in [-0.25, -0.2) is 4.79 Å². The lowest BCUT2D eigenvalue weighted by atomic mass is 10.1. The molecule has 0 aromatic carbocycles. The molecule has 7 amide bonds. The molecule has 198 valence electrons. The van der Waals surface area contributed by atoms with Crippen molar-refractivity contribution in [2.75, 3.05) is 39.6 Å². The van der Waals surface area contributed by atoms with Crippen LogP contribution in [-0.2, 0) is 33.4 Å². The topological polar surface area (TPSA) is 260 Å². The fourth-order valence-corrected chi connectivity index (χ4v) is 2.63. The van der Waals surface area contributed by atoms with Gasteiger partial charge >= 0.3 is 6.03 Å². The molecule has 1 aliphatic heterocycles. The molecule has 1 heterocycles. The summed E-state index contributed by atoms with van der Waals surface area (Å²) >= 11 is 0. The maximum atomic E-state index is 12.4. The summed E-state index contributed by atoms with van der Waals surface area (Å²) in [6.07, 6.45) is -2.02. The van der Waals surface area contributed by atoms with Gasteiger partial charge in [-0.15, -0.1) is 0 Å². The van der Waals surface area contributed by atoms with E-state index in [1.165, 1.54) is 6.92 Å². The second kappa shape index (κ2) is 15.4. The van der Waals surface area contributed by atoms with Crippen LogP contribution in [0.3, 0.4) is 0 Å². The summed E-state index contributed by atoms with van der Waals surface area (Å²) < 4.78 is 10.3. The molecule has 0 saturated carbocycles. The predicted molar refractivity (Wildman–Crippen MR) is 115 cm³/mol. The molecule has 0 aromatic heterocycles. The number of rotatable bonds is 4. The molecule has 17 heteroatoms. The van der Waals surface area contributed by atoms with Gasteiger partial charge in [0.1, 0.15) is 24.7 Å².